The number of piperidine rings is 1. The minimum absolute atomic E-state index is 0.122. The first-order valence-corrected chi connectivity index (χ1v) is 9.84. The summed E-state index contributed by atoms with van der Waals surface area (Å²) in [7, 11) is -3.52. The molecule has 4 nitrogen and oxygen atoms in total. The van der Waals surface area contributed by atoms with E-state index < -0.39 is 20.9 Å². The van der Waals surface area contributed by atoms with Crippen molar-refractivity contribution in [3.05, 3.63) is 64.9 Å². The molecule has 2 aromatic carbocycles. The van der Waals surface area contributed by atoms with Crippen LogP contribution < -0.4 is 0 Å². The highest BCUT2D eigenvalue weighted by Gasteiger charge is 2.32. The predicted molar refractivity (Wildman–Crippen MR) is 94.0 cm³/mol. The number of amides is 1. The Bertz CT molecular complexity index is 858. The largest absolute Gasteiger partial charge is 0.339 e. The molecule has 0 bridgehead atoms. The third kappa shape index (κ3) is 3.85. The van der Waals surface area contributed by atoms with Gasteiger partial charge in [-0.05, 0) is 61.4 Å². The van der Waals surface area contributed by atoms with Crippen molar-refractivity contribution in [2.45, 2.75) is 23.0 Å². The van der Waals surface area contributed by atoms with Gasteiger partial charge in [-0.25, -0.2) is 12.8 Å². The van der Waals surface area contributed by atoms with Gasteiger partial charge in [0.25, 0.3) is 5.91 Å². The third-order valence-electron chi connectivity index (χ3n) is 4.40. The molecule has 25 heavy (non-hydrogen) atoms. The lowest BCUT2D eigenvalue weighted by Gasteiger charge is -2.31. The SMILES string of the molecule is O=C(c1ccc(Cl)cc1)N1CCC(S(=O)(=O)c2ccc(F)cc2)CC1. The fourth-order valence-electron chi connectivity index (χ4n) is 2.96. The lowest BCUT2D eigenvalue weighted by molar-refractivity contribution is 0.0725. The maximum absolute atomic E-state index is 13.0. The molecule has 132 valence electrons. The molecule has 0 aliphatic carbocycles. The van der Waals surface area contributed by atoms with Gasteiger partial charge in [-0.15, -0.1) is 0 Å². The average molecular weight is 382 g/mol. The summed E-state index contributed by atoms with van der Waals surface area (Å²) in [6, 6.07) is 11.5. The fourth-order valence-corrected chi connectivity index (χ4v) is 4.82. The van der Waals surface area contributed by atoms with E-state index in [2.05, 4.69) is 0 Å². The molecular weight excluding hydrogens is 365 g/mol. The van der Waals surface area contributed by atoms with E-state index in [0.717, 1.165) is 12.1 Å². The highest BCUT2D eigenvalue weighted by molar-refractivity contribution is 7.92. The summed E-state index contributed by atoms with van der Waals surface area (Å²) in [5, 5.41) is -0.00659. The van der Waals surface area contributed by atoms with Crippen molar-refractivity contribution in [1.29, 1.82) is 0 Å². The number of rotatable bonds is 3. The molecule has 1 saturated heterocycles. The number of benzene rings is 2. The number of carbonyl (C=O) groups is 1. The van der Waals surface area contributed by atoms with Crippen molar-refractivity contribution in [3.63, 3.8) is 0 Å². The second-order valence-corrected chi connectivity index (χ2v) is 8.66. The van der Waals surface area contributed by atoms with E-state index in [0.29, 0.717) is 36.5 Å². The van der Waals surface area contributed by atoms with Crippen LogP contribution in [0.2, 0.25) is 5.02 Å². The quantitative estimate of drug-likeness (QED) is 0.764. The molecule has 3 rings (SSSR count). The van der Waals surface area contributed by atoms with Crippen LogP contribution in [0.1, 0.15) is 23.2 Å². The van der Waals surface area contributed by atoms with Crippen molar-refractivity contribution in [1.82, 2.24) is 4.90 Å². The van der Waals surface area contributed by atoms with Crippen LogP contribution in [-0.4, -0.2) is 37.6 Å². The van der Waals surface area contributed by atoms with E-state index in [1.165, 1.54) is 12.1 Å². The van der Waals surface area contributed by atoms with Crippen LogP contribution in [0.4, 0.5) is 4.39 Å². The number of halogens is 2. The summed E-state index contributed by atoms with van der Waals surface area (Å²) in [5.74, 6) is -0.600. The Labute approximate surface area is 151 Å². The summed E-state index contributed by atoms with van der Waals surface area (Å²) in [5.41, 5.74) is 0.532. The summed E-state index contributed by atoms with van der Waals surface area (Å²) >= 11 is 5.82. The first kappa shape index (κ1) is 17.9. The lowest BCUT2D eigenvalue weighted by Crippen LogP contribution is -2.42. The monoisotopic (exact) mass is 381 g/mol. The van der Waals surface area contributed by atoms with Crippen LogP contribution >= 0.6 is 11.6 Å². The van der Waals surface area contributed by atoms with Crippen LogP contribution in [0.25, 0.3) is 0 Å². The molecule has 0 spiro atoms. The molecule has 1 aliphatic heterocycles. The van der Waals surface area contributed by atoms with Crippen LogP contribution in [0.5, 0.6) is 0 Å². The average Bonchev–Trinajstić information content (AvgIpc) is 2.62. The maximum Gasteiger partial charge on any atom is 0.253 e. The van der Waals surface area contributed by atoms with Crippen molar-refractivity contribution >= 4 is 27.3 Å². The van der Waals surface area contributed by atoms with Gasteiger partial charge in [-0.2, -0.15) is 0 Å². The highest BCUT2D eigenvalue weighted by Crippen LogP contribution is 2.25. The van der Waals surface area contributed by atoms with Crippen LogP contribution in [0, 0.1) is 5.82 Å². The number of sulfone groups is 1. The van der Waals surface area contributed by atoms with Gasteiger partial charge in [0.2, 0.25) is 0 Å². The number of carbonyl (C=O) groups excluding carboxylic acids is 1. The van der Waals surface area contributed by atoms with E-state index in [4.69, 9.17) is 11.6 Å². The van der Waals surface area contributed by atoms with Crippen molar-refractivity contribution in [2.24, 2.45) is 0 Å². The van der Waals surface area contributed by atoms with Crippen LogP contribution in [0.3, 0.4) is 0 Å². The first-order valence-electron chi connectivity index (χ1n) is 7.92. The second kappa shape index (κ2) is 7.14. The van der Waals surface area contributed by atoms with Gasteiger partial charge in [-0.1, -0.05) is 11.6 Å². The number of hydrogen-bond acceptors (Lipinski definition) is 3. The van der Waals surface area contributed by atoms with Gasteiger partial charge in [0.1, 0.15) is 5.82 Å². The molecule has 0 aromatic heterocycles. The maximum atomic E-state index is 13.0. The van der Waals surface area contributed by atoms with Gasteiger partial charge in [-0.3, -0.25) is 4.79 Å². The Morgan fingerprint density at radius 2 is 1.56 bits per heavy atom. The zero-order chi connectivity index (χ0) is 18.0. The first-order chi connectivity index (χ1) is 11.9. The van der Waals surface area contributed by atoms with Crippen molar-refractivity contribution in [2.75, 3.05) is 13.1 Å². The molecule has 0 atom stereocenters. The van der Waals surface area contributed by atoms with Gasteiger partial charge >= 0.3 is 0 Å². The van der Waals surface area contributed by atoms with E-state index in [1.807, 2.05) is 0 Å². The summed E-state index contributed by atoms with van der Waals surface area (Å²) in [4.78, 5) is 14.2. The van der Waals surface area contributed by atoms with Gasteiger partial charge in [0.05, 0.1) is 10.1 Å². The summed E-state index contributed by atoms with van der Waals surface area (Å²) in [6.45, 7) is 0.735. The van der Waals surface area contributed by atoms with Crippen molar-refractivity contribution < 1.29 is 17.6 Å². The van der Waals surface area contributed by atoms with E-state index in [1.54, 1.807) is 29.2 Å². The Morgan fingerprint density at radius 1 is 1.00 bits per heavy atom. The van der Waals surface area contributed by atoms with Gasteiger partial charge in [0, 0.05) is 23.7 Å². The molecule has 7 heteroatoms. The molecule has 1 heterocycles. The minimum atomic E-state index is -3.52. The molecule has 1 amide bonds. The molecule has 2 aromatic rings. The predicted octanol–water partition coefficient (Wildman–Crippen LogP) is 3.56. The zero-order valence-corrected chi connectivity index (χ0v) is 14.9. The normalized spacial score (nSPS) is 16.0. The Hall–Kier alpha value is -1.92. The molecule has 0 radical (unpaired) electrons. The fraction of sp³-hybridized carbons (Fsp3) is 0.278. The second-order valence-electron chi connectivity index (χ2n) is 6.00. The number of hydrogen-bond donors (Lipinski definition) is 0. The summed E-state index contributed by atoms with van der Waals surface area (Å²) < 4.78 is 38.3. The number of nitrogens with zero attached hydrogens (tertiary/aromatic N) is 1. The smallest absolute Gasteiger partial charge is 0.253 e. The Morgan fingerprint density at radius 3 is 2.12 bits per heavy atom. The highest BCUT2D eigenvalue weighted by atomic mass is 35.5. The van der Waals surface area contributed by atoms with Crippen molar-refractivity contribution in [3.8, 4) is 0 Å². The van der Waals surface area contributed by atoms with E-state index in [9.17, 15) is 17.6 Å². The van der Waals surface area contributed by atoms with Crippen LogP contribution in [-0.2, 0) is 9.84 Å². The van der Waals surface area contributed by atoms with E-state index in [-0.39, 0.29) is 10.8 Å². The van der Waals surface area contributed by atoms with Gasteiger partial charge in [0.15, 0.2) is 9.84 Å². The molecule has 1 aliphatic rings. The molecule has 0 N–H and O–H groups in total. The summed E-state index contributed by atoms with van der Waals surface area (Å²) in [6.07, 6.45) is 0.720. The molecular formula is C18H17ClFNO3S. The Balaban J connectivity index is 1.68. The zero-order valence-electron chi connectivity index (χ0n) is 13.4. The number of likely N-dealkylation sites (tertiary alicyclic amines) is 1. The lowest BCUT2D eigenvalue weighted by atomic mass is 10.1. The topological polar surface area (TPSA) is 54.5 Å². The standard InChI is InChI=1S/C18H17ClFNO3S/c19-14-3-1-13(2-4-14)18(22)21-11-9-17(10-12-21)25(23,24)16-7-5-15(20)6-8-16/h1-8,17H,9-12H2. The third-order valence-corrected chi connectivity index (χ3v) is 6.93. The molecule has 0 saturated carbocycles. The Kier molecular flexibility index (Phi) is 5.11. The van der Waals surface area contributed by atoms with Crippen LogP contribution in [0.15, 0.2) is 53.4 Å². The molecule has 1 fully saturated rings. The van der Waals surface area contributed by atoms with Gasteiger partial charge < -0.3 is 4.90 Å². The molecule has 0 unspecified atom stereocenters. The minimum Gasteiger partial charge on any atom is -0.339 e. The van der Waals surface area contributed by atoms with E-state index >= 15 is 0 Å².